The summed E-state index contributed by atoms with van der Waals surface area (Å²) in [5.74, 6) is -0.707. The predicted molar refractivity (Wildman–Crippen MR) is 156 cm³/mol. The van der Waals surface area contributed by atoms with Crippen molar-refractivity contribution in [3.63, 3.8) is 0 Å². The number of nitrogens with one attached hydrogen (secondary N) is 1. The van der Waals surface area contributed by atoms with Crippen molar-refractivity contribution < 1.29 is 18.0 Å². The molecule has 0 spiro atoms. The van der Waals surface area contributed by atoms with Crippen LogP contribution in [0, 0.1) is 13.8 Å². The minimum Gasteiger partial charge on any atom is -0.352 e. The van der Waals surface area contributed by atoms with Gasteiger partial charge in [-0.3, -0.25) is 13.9 Å². The third-order valence-corrected chi connectivity index (χ3v) is 8.58. The molecule has 7 nitrogen and oxygen atoms in total. The van der Waals surface area contributed by atoms with E-state index in [0.717, 1.165) is 27.4 Å². The van der Waals surface area contributed by atoms with Crippen molar-refractivity contribution in [1.29, 1.82) is 0 Å². The van der Waals surface area contributed by atoms with Crippen molar-refractivity contribution in [3.8, 4) is 0 Å². The van der Waals surface area contributed by atoms with Crippen LogP contribution in [0.15, 0.2) is 83.8 Å². The minimum absolute atomic E-state index is 0.0504. The average Bonchev–Trinajstić information content (AvgIpc) is 2.93. The third-order valence-electron chi connectivity index (χ3n) is 6.79. The summed E-state index contributed by atoms with van der Waals surface area (Å²) >= 11 is 0. The summed E-state index contributed by atoms with van der Waals surface area (Å²) in [6.45, 7) is 9.35. The van der Waals surface area contributed by atoms with E-state index in [4.69, 9.17) is 0 Å². The van der Waals surface area contributed by atoms with Crippen LogP contribution in [0.3, 0.4) is 0 Å². The van der Waals surface area contributed by atoms with Crippen LogP contribution in [0.1, 0.15) is 50.3 Å². The lowest BCUT2D eigenvalue weighted by molar-refractivity contribution is -0.140. The molecule has 2 atom stereocenters. The second-order valence-corrected chi connectivity index (χ2v) is 11.8. The fourth-order valence-electron chi connectivity index (χ4n) is 4.21. The molecular formula is C31H39N3O4S. The number of hydrogen-bond acceptors (Lipinski definition) is 4. The fraction of sp³-hybridized carbons (Fsp3) is 0.355. The Morgan fingerprint density at radius 2 is 1.38 bits per heavy atom. The summed E-state index contributed by atoms with van der Waals surface area (Å²) < 4.78 is 28.8. The van der Waals surface area contributed by atoms with Gasteiger partial charge in [0, 0.05) is 12.6 Å². The van der Waals surface area contributed by atoms with E-state index < -0.39 is 28.5 Å². The molecular weight excluding hydrogens is 510 g/mol. The molecule has 0 aliphatic carbocycles. The number of amides is 2. The summed E-state index contributed by atoms with van der Waals surface area (Å²) in [6.07, 6.45) is 1.14. The second kappa shape index (κ2) is 13.4. The Kier molecular flexibility index (Phi) is 10.3. The summed E-state index contributed by atoms with van der Waals surface area (Å²) in [5.41, 5.74) is 3.24. The number of hydrogen-bond donors (Lipinski definition) is 1. The topological polar surface area (TPSA) is 86.8 Å². The number of nitrogens with zero attached hydrogens (tertiary/aromatic N) is 2. The van der Waals surface area contributed by atoms with Crippen molar-refractivity contribution >= 4 is 27.5 Å². The predicted octanol–water partition coefficient (Wildman–Crippen LogP) is 5.22. The molecule has 0 aliphatic rings. The Hall–Kier alpha value is -3.65. The molecule has 0 aromatic heterocycles. The average molecular weight is 550 g/mol. The van der Waals surface area contributed by atoms with Crippen molar-refractivity contribution in [2.75, 3.05) is 10.8 Å². The molecule has 0 bridgehead atoms. The summed E-state index contributed by atoms with van der Waals surface area (Å²) in [5, 5.41) is 2.99. The number of rotatable bonds is 12. The SMILES string of the molecule is CC[C@H](C(=O)N[C@@H](C)CC)N(Cc1ccc(C)cc1)C(=O)CN(c1ccccc1)S(=O)(=O)c1ccc(C)cc1. The first-order valence-electron chi connectivity index (χ1n) is 13.4. The Labute approximate surface area is 232 Å². The third kappa shape index (κ3) is 7.69. The van der Waals surface area contributed by atoms with Gasteiger partial charge in [-0.15, -0.1) is 0 Å². The van der Waals surface area contributed by atoms with E-state index in [2.05, 4.69) is 5.32 Å². The highest BCUT2D eigenvalue weighted by atomic mass is 32.2. The highest BCUT2D eigenvalue weighted by Gasteiger charge is 2.33. The van der Waals surface area contributed by atoms with Crippen LogP contribution < -0.4 is 9.62 Å². The van der Waals surface area contributed by atoms with Gasteiger partial charge < -0.3 is 10.2 Å². The van der Waals surface area contributed by atoms with Gasteiger partial charge in [0.1, 0.15) is 12.6 Å². The van der Waals surface area contributed by atoms with Gasteiger partial charge in [-0.25, -0.2) is 8.42 Å². The van der Waals surface area contributed by atoms with Crippen LogP contribution in [-0.4, -0.2) is 43.8 Å². The van der Waals surface area contributed by atoms with E-state index in [1.165, 1.54) is 4.90 Å². The maximum Gasteiger partial charge on any atom is 0.264 e. The lowest BCUT2D eigenvalue weighted by Gasteiger charge is -2.33. The molecule has 0 saturated heterocycles. The van der Waals surface area contributed by atoms with Crippen LogP contribution in [0.25, 0.3) is 0 Å². The van der Waals surface area contributed by atoms with E-state index in [-0.39, 0.29) is 23.4 Å². The van der Waals surface area contributed by atoms with Gasteiger partial charge in [0.2, 0.25) is 11.8 Å². The van der Waals surface area contributed by atoms with E-state index in [0.29, 0.717) is 12.1 Å². The smallest absolute Gasteiger partial charge is 0.264 e. The normalized spacial score (nSPS) is 12.8. The number of carbonyl (C=O) groups excluding carboxylic acids is 2. The maximum atomic E-state index is 14.0. The first kappa shape index (κ1) is 29.9. The molecule has 3 rings (SSSR count). The van der Waals surface area contributed by atoms with Gasteiger partial charge in [-0.2, -0.15) is 0 Å². The molecule has 0 aliphatic heterocycles. The Morgan fingerprint density at radius 1 is 0.821 bits per heavy atom. The zero-order valence-electron chi connectivity index (χ0n) is 23.4. The van der Waals surface area contributed by atoms with Gasteiger partial charge in [0.05, 0.1) is 10.6 Å². The largest absolute Gasteiger partial charge is 0.352 e. The van der Waals surface area contributed by atoms with E-state index in [1.54, 1.807) is 54.6 Å². The van der Waals surface area contributed by atoms with Gasteiger partial charge in [-0.05, 0) is 63.4 Å². The van der Waals surface area contributed by atoms with Crippen LogP contribution in [0.5, 0.6) is 0 Å². The number of carbonyl (C=O) groups is 2. The zero-order chi connectivity index (χ0) is 28.6. The lowest BCUT2D eigenvalue weighted by atomic mass is 10.1. The van der Waals surface area contributed by atoms with Crippen molar-refractivity contribution in [2.45, 2.75) is 71.0 Å². The standard InChI is InChI=1S/C31H39N3O4S/c1-6-25(5)32-31(36)29(7-2)33(21-26-17-13-23(3)14-18-26)30(35)22-34(27-11-9-8-10-12-27)39(37,38)28-19-15-24(4)16-20-28/h8-20,25,29H,6-7,21-22H2,1-5H3,(H,32,36)/t25-,29+/m0/s1. The molecule has 3 aromatic rings. The van der Waals surface area contributed by atoms with Crippen molar-refractivity contribution in [1.82, 2.24) is 10.2 Å². The molecule has 0 radical (unpaired) electrons. The number of anilines is 1. The number of para-hydroxylation sites is 1. The number of benzene rings is 3. The first-order valence-corrected chi connectivity index (χ1v) is 14.8. The van der Waals surface area contributed by atoms with E-state index >= 15 is 0 Å². The number of aryl methyl sites for hydroxylation is 2. The Morgan fingerprint density at radius 3 is 1.92 bits per heavy atom. The summed E-state index contributed by atoms with van der Waals surface area (Å²) in [4.78, 5) is 28.9. The molecule has 0 saturated carbocycles. The summed E-state index contributed by atoms with van der Waals surface area (Å²) in [6, 6.07) is 22.1. The van der Waals surface area contributed by atoms with Gasteiger partial charge in [0.15, 0.2) is 0 Å². The zero-order valence-corrected chi connectivity index (χ0v) is 24.2. The summed E-state index contributed by atoms with van der Waals surface area (Å²) in [7, 11) is -4.07. The second-order valence-electron chi connectivity index (χ2n) is 9.91. The molecule has 208 valence electrons. The lowest BCUT2D eigenvalue weighted by Crippen LogP contribution is -2.53. The molecule has 0 heterocycles. The van der Waals surface area contributed by atoms with Crippen molar-refractivity contribution in [2.24, 2.45) is 0 Å². The minimum atomic E-state index is -4.07. The highest BCUT2D eigenvalue weighted by Crippen LogP contribution is 2.25. The molecule has 0 fully saturated rings. The van der Waals surface area contributed by atoms with Crippen molar-refractivity contribution in [3.05, 3.63) is 95.6 Å². The van der Waals surface area contributed by atoms with Crippen LogP contribution >= 0.6 is 0 Å². The van der Waals surface area contributed by atoms with E-state index in [1.807, 2.05) is 58.9 Å². The first-order chi connectivity index (χ1) is 18.6. The maximum absolute atomic E-state index is 14.0. The molecule has 2 amide bonds. The van der Waals surface area contributed by atoms with Crippen LogP contribution in [-0.2, 0) is 26.2 Å². The molecule has 8 heteroatoms. The Bertz CT molecular complexity index is 1340. The fourth-order valence-corrected chi connectivity index (χ4v) is 5.63. The Balaban J connectivity index is 2.02. The monoisotopic (exact) mass is 549 g/mol. The van der Waals surface area contributed by atoms with Gasteiger partial charge >= 0.3 is 0 Å². The van der Waals surface area contributed by atoms with Crippen LogP contribution in [0.2, 0.25) is 0 Å². The molecule has 0 unspecified atom stereocenters. The van der Waals surface area contributed by atoms with Crippen LogP contribution in [0.4, 0.5) is 5.69 Å². The molecule has 1 N–H and O–H groups in total. The number of sulfonamides is 1. The quantitative estimate of drug-likeness (QED) is 0.336. The van der Waals surface area contributed by atoms with Gasteiger partial charge in [0.25, 0.3) is 10.0 Å². The molecule has 3 aromatic carbocycles. The van der Waals surface area contributed by atoms with E-state index in [9.17, 15) is 18.0 Å². The molecule has 39 heavy (non-hydrogen) atoms. The highest BCUT2D eigenvalue weighted by molar-refractivity contribution is 7.92. The van der Waals surface area contributed by atoms with Gasteiger partial charge in [-0.1, -0.05) is 79.6 Å².